The van der Waals surface area contributed by atoms with Crippen molar-refractivity contribution in [2.75, 3.05) is 12.3 Å². The lowest BCUT2D eigenvalue weighted by atomic mass is 10.1. The van der Waals surface area contributed by atoms with E-state index in [4.69, 9.17) is 5.73 Å². The van der Waals surface area contributed by atoms with Crippen LogP contribution in [-0.2, 0) is 10.0 Å². The van der Waals surface area contributed by atoms with Crippen molar-refractivity contribution in [2.45, 2.75) is 30.8 Å². The summed E-state index contributed by atoms with van der Waals surface area (Å²) in [5.74, 6) is 0. The molecule has 5 nitrogen and oxygen atoms in total. The molecule has 4 N–H and O–H groups in total. The van der Waals surface area contributed by atoms with Gasteiger partial charge in [-0.2, -0.15) is 0 Å². The average Bonchev–Trinajstić information content (AvgIpc) is 2.26. The van der Waals surface area contributed by atoms with Crippen molar-refractivity contribution < 1.29 is 13.5 Å². The number of anilines is 1. The van der Waals surface area contributed by atoms with Crippen molar-refractivity contribution in [3.05, 3.63) is 22.7 Å². The maximum absolute atomic E-state index is 12.0. The van der Waals surface area contributed by atoms with E-state index in [1.54, 1.807) is 19.9 Å². The van der Waals surface area contributed by atoms with Gasteiger partial charge in [-0.15, -0.1) is 0 Å². The van der Waals surface area contributed by atoms with E-state index in [1.165, 1.54) is 12.1 Å². The van der Waals surface area contributed by atoms with Crippen LogP contribution >= 0.6 is 15.9 Å². The van der Waals surface area contributed by atoms with Gasteiger partial charge >= 0.3 is 0 Å². The third-order valence-electron chi connectivity index (χ3n) is 2.67. The Kier molecular flexibility index (Phi) is 4.77. The van der Waals surface area contributed by atoms with E-state index in [1.807, 2.05) is 0 Å². The van der Waals surface area contributed by atoms with Crippen LogP contribution < -0.4 is 10.5 Å². The van der Waals surface area contributed by atoms with Crippen LogP contribution in [0, 0.1) is 0 Å². The number of hydrogen-bond donors (Lipinski definition) is 3. The van der Waals surface area contributed by atoms with E-state index >= 15 is 0 Å². The van der Waals surface area contributed by atoms with Crippen LogP contribution in [0.1, 0.15) is 20.3 Å². The summed E-state index contributed by atoms with van der Waals surface area (Å²) in [6, 6.07) is 4.54. The molecule has 102 valence electrons. The fourth-order valence-electron chi connectivity index (χ4n) is 1.22. The van der Waals surface area contributed by atoms with Crippen LogP contribution in [0.2, 0.25) is 0 Å². The minimum Gasteiger partial charge on any atom is -0.398 e. The summed E-state index contributed by atoms with van der Waals surface area (Å²) in [7, 11) is -3.71. The van der Waals surface area contributed by atoms with Gasteiger partial charge in [0.05, 0.1) is 11.3 Å². The lowest BCUT2D eigenvalue weighted by molar-refractivity contribution is 0.0613. The number of halogens is 1. The number of sulfonamides is 1. The van der Waals surface area contributed by atoms with Gasteiger partial charge in [0.15, 0.2) is 0 Å². The second-order valence-electron chi connectivity index (χ2n) is 4.36. The number of hydrogen-bond acceptors (Lipinski definition) is 4. The van der Waals surface area contributed by atoms with Crippen molar-refractivity contribution in [2.24, 2.45) is 0 Å². The summed E-state index contributed by atoms with van der Waals surface area (Å²) in [6.45, 7) is 3.30. The summed E-state index contributed by atoms with van der Waals surface area (Å²) in [5, 5.41) is 9.78. The van der Waals surface area contributed by atoms with Crippen LogP contribution in [-0.4, -0.2) is 25.7 Å². The first-order valence-electron chi connectivity index (χ1n) is 5.45. The lowest BCUT2D eigenvalue weighted by Crippen LogP contribution is -2.40. The molecule has 0 saturated heterocycles. The quantitative estimate of drug-likeness (QED) is 0.710. The molecule has 0 heterocycles. The fourth-order valence-corrected chi connectivity index (χ4v) is 2.87. The van der Waals surface area contributed by atoms with Gasteiger partial charge in [-0.1, -0.05) is 22.9 Å². The van der Waals surface area contributed by atoms with Gasteiger partial charge in [-0.05, 0) is 31.5 Å². The molecular formula is C11H17BrN2O3S. The van der Waals surface area contributed by atoms with Gasteiger partial charge in [0.25, 0.3) is 0 Å². The highest BCUT2D eigenvalue weighted by atomic mass is 79.9. The fraction of sp³-hybridized carbons (Fsp3) is 0.455. The third-order valence-corrected chi connectivity index (χ3v) is 4.63. The second kappa shape index (κ2) is 5.56. The number of nitrogens with two attached hydrogens (primary N) is 1. The summed E-state index contributed by atoms with van der Waals surface area (Å²) in [5.41, 5.74) is 4.76. The Labute approximate surface area is 116 Å². The molecule has 1 rings (SSSR count). The van der Waals surface area contributed by atoms with Gasteiger partial charge in [-0.3, -0.25) is 0 Å². The minimum atomic E-state index is -3.71. The second-order valence-corrected chi connectivity index (χ2v) is 7.01. The number of nitrogens with one attached hydrogen (secondary N) is 1. The maximum Gasteiger partial charge on any atom is 0.242 e. The Balaban J connectivity index is 2.94. The van der Waals surface area contributed by atoms with Crippen molar-refractivity contribution in [3.8, 4) is 0 Å². The smallest absolute Gasteiger partial charge is 0.242 e. The Morgan fingerprint density at radius 2 is 2.11 bits per heavy atom. The monoisotopic (exact) mass is 336 g/mol. The van der Waals surface area contributed by atoms with Gasteiger partial charge in [0.1, 0.15) is 4.90 Å². The standard InChI is InChI=1S/C11H17BrN2O3S/c1-3-11(2,15)7-14-18(16,17)10-5-4-8(12)6-9(10)13/h4-6,14-15H,3,7,13H2,1-2H3. The maximum atomic E-state index is 12.0. The van der Waals surface area contributed by atoms with Crippen molar-refractivity contribution in [3.63, 3.8) is 0 Å². The first-order valence-corrected chi connectivity index (χ1v) is 7.72. The van der Waals surface area contributed by atoms with Gasteiger partial charge in [0, 0.05) is 11.0 Å². The molecule has 7 heteroatoms. The van der Waals surface area contributed by atoms with E-state index in [2.05, 4.69) is 20.7 Å². The molecule has 0 saturated carbocycles. The van der Waals surface area contributed by atoms with Crippen molar-refractivity contribution in [1.29, 1.82) is 0 Å². The Morgan fingerprint density at radius 1 is 1.50 bits per heavy atom. The average molecular weight is 337 g/mol. The molecule has 0 bridgehead atoms. The van der Waals surface area contributed by atoms with Gasteiger partial charge < -0.3 is 10.8 Å². The molecule has 0 spiro atoms. The van der Waals surface area contributed by atoms with E-state index in [9.17, 15) is 13.5 Å². The molecule has 1 aromatic rings. The molecule has 18 heavy (non-hydrogen) atoms. The minimum absolute atomic E-state index is 0.0117. The van der Waals surface area contributed by atoms with E-state index in [0.29, 0.717) is 10.9 Å². The van der Waals surface area contributed by atoms with E-state index < -0.39 is 15.6 Å². The topological polar surface area (TPSA) is 92.4 Å². The van der Waals surface area contributed by atoms with Gasteiger partial charge in [0.2, 0.25) is 10.0 Å². The molecule has 0 fully saturated rings. The Morgan fingerprint density at radius 3 is 2.61 bits per heavy atom. The largest absolute Gasteiger partial charge is 0.398 e. The number of nitrogen functional groups attached to an aromatic ring is 1. The SMILES string of the molecule is CCC(C)(O)CNS(=O)(=O)c1ccc(Br)cc1N. The normalized spacial score (nSPS) is 15.3. The zero-order chi connectivity index (χ0) is 14.0. The number of aliphatic hydroxyl groups is 1. The van der Waals surface area contributed by atoms with Crippen LogP contribution in [0.15, 0.2) is 27.6 Å². The zero-order valence-electron chi connectivity index (χ0n) is 10.3. The number of benzene rings is 1. The molecule has 0 aromatic heterocycles. The zero-order valence-corrected chi connectivity index (χ0v) is 12.7. The molecule has 1 unspecified atom stereocenters. The predicted octanol–water partition coefficient (Wildman–Crippen LogP) is 1.47. The summed E-state index contributed by atoms with van der Waals surface area (Å²) >= 11 is 3.21. The Hall–Kier alpha value is -0.630. The highest BCUT2D eigenvalue weighted by molar-refractivity contribution is 9.10. The molecule has 0 aliphatic rings. The summed E-state index contributed by atoms with van der Waals surface area (Å²) in [4.78, 5) is 0.0117. The van der Waals surface area contributed by atoms with E-state index in [-0.39, 0.29) is 17.1 Å². The summed E-state index contributed by atoms with van der Waals surface area (Å²) in [6.07, 6.45) is 0.450. The van der Waals surface area contributed by atoms with Crippen LogP contribution in [0.4, 0.5) is 5.69 Å². The van der Waals surface area contributed by atoms with Crippen LogP contribution in [0.25, 0.3) is 0 Å². The number of rotatable bonds is 5. The Bertz CT molecular complexity index is 529. The first-order chi connectivity index (χ1) is 8.18. The lowest BCUT2D eigenvalue weighted by Gasteiger charge is -2.21. The molecule has 0 aliphatic heterocycles. The van der Waals surface area contributed by atoms with Crippen molar-refractivity contribution >= 4 is 31.6 Å². The molecule has 1 atom stereocenters. The molecule has 1 aromatic carbocycles. The van der Waals surface area contributed by atoms with Crippen molar-refractivity contribution in [1.82, 2.24) is 4.72 Å². The highest BCUT2D eigenvalue weighted by Gasteiger charge is 2.23. The first kappa shape index (κ1) is 15.4. The molecule has 0 aliphatic carbocycles. The third kappa shape index (κ3) is 3.94. The predicted molar refractivity (Wildman–Crippen MR) is 74.7 cm³/mol. The molecular weight excluding hydrogens is 320 g/mol. The summed E-state index contributed by atoms with van der Waals surface area (Å²) < 4.78 is 27.1. The van der Waals surface area contributed by atoms with Crippen LogP contribution in [0.3, 0.4) is 0 Å². The molecule has 0 radical (unpaired) electrons. The van der Waals surface area contributed by atoms with Crippen LogP contribution in [0.5, 0.6) is 0 Å². The molecule has 0 amide bonds. The van der Waals surface area contributed by atoms with E-state index in [0.717, 1.165) is 0 Å². The highest BCUT2D eigenvalue weighted by Crippen LogP contribution is 2.22. The van der Waals surface area contributed by atoms with Gasteiger partial charge in [-0.25, -0.2) is 13.1 Å².